The predicted molar refractivity (Wildman–Crippen MR) is 96.3 cm³/mol. The molecule has 0 aliphatic carbocycles. The summed E-state index contributed by atoms with van der Waals surface area (Å²) in [7, 11) is 0. The molecule has 0 atom stereocenters. The summed E-state index contributed by atoms with van der Waals surface area (Å²) >= 11 is 4.95. The summed E-state index contributed by atoms with van der Waals surface area (Å²) in [5, 5.41) is 36.0. The molecule has 2 aromatic carbocycles. The lowest BCUT2D eigenvalue weighted by molar-refractivity contribution is -0.385. The summed E-state index contributed by atoms with van der Waals surface area (Å²) in [5.41, 5.74) is -0.357. The number of carbonyl (C=O) groups excluding carboxylic acids is 1. The summed E-state index contributed by atoms with van der Waals surface area (Å²) in [4.78, 5) is 32.7. The predicted octanol–water partition coefficient (Wildman–Crippen LogP) is 2.64. The Kier molecular flexibility index (Phi) is 5.42. The van der Waals surface area contributed by atoms with Crippen LogP contribution in [-0.2, 0) is 0 Å². The number of nitrogens with zero attached hydrogens (tertiary/aromatic N) is 2. The molecule has 0 saturated heterocycles. The van der Waals surface area contributed by atoms with E-state index >= 15 is 0 Å². The van der Waals surface area contributed by atoms with E-state index in [1.54, 1.807) is 0 Å². The number of phenols is 1. The van der Waals surface area contributed by atoms with E-state index in [4.69, 9.17) is 12.2 Å². The molecule has 0 aliphatic heterocycles. The normalized spacial score (nSPS) is 10.0. The first kappa shape index (κ1) is 18.7. The lowest BCUT2D eigenvalue weighted by Gasteiger charge is -2.11. The molecule has 3 N–H and O–H groups in total. The number of amides is 1. The maximum absolute atomic E-state index is 12.3. The number of aromatic hydroxyl groups is 1. The molecule has 0 heterocycles. The third kappa shape index (κ3) is 4.08. The van der Waals surface area contributed by atoms with Crippen molar-refractivity contribution in [1.29, 1.82) is 0 Å². The molecule has 0 bridgehead atoms. The van der Waals surface area contributed by atoms with Crippen LogP contribution in [0, 0.1) is 27.2 Å². The first-order valence-corrected chi connectivity index (χ1v) is 7.45. The Morgan fingerprint density at radius 3 is 2.46 bits per heavy atom. The van der Waals surface area contributed by atoms with Crippen molar-refractivity contribution in [1.82, 2.24) is 5.32 Å². The molecule has 0 fully saturated rings. The van der Waals surface area contributed by atoms with E-state index in [1.165, 1.54) is 25.1 Å². The average Bonchev–Trinajstić information content (AvgIpc) is 2.56. The van der Waals surface area contributed by atoms with E-state index in [1.807, 2.05) is 0 Å². The maximum Gasteiger partial charge on any atom is 0.273 e. The van der Waals surface area contributed by atoms with Crippen LogP contribution in [0.3, 0.4) is 0 Å². The van der Waals surface area contributed by atoms with Gasteiger partial charge >= 0.3 is 0 Å². The molecule has 0 unspecified atom stereocenters. The highest BCUT2D eigenvalue weighted by Crippen LogP contribution is 2.27. The van der Waals surface area contributed by atoms with E-state index in [9.17, 15) is 30.1 Å². The molecule has 0 spiro atoms. The van der Waals surface area contributed by atoms with Gasteiger partial charge in [0.2, 0.25) is 0 Å². The molecule has 0 radical (unpaired) electrons. The summed E-state index contributed by atoms with van der Waals surface area (Å²) in [6.45, 7) is 1.43. The first-order valence-electron chi connectivity index (χ1n) is 7.04. The van der Waals surface area contributed by atoms with Gasteiger partial charge in [0.25, 0.3) is 17.3 Å². The number of hydrogen-bond donors (Lipinski definition) is 3. The van der Waals surface area contributed by atoms with Gasteiger partial charge in [-0.3, -0.25) is 30.3 Å². The molecule has 0 saturated carbocycles. The first-order chi connectivity index (χ1) is 12.2. The minimum Gasteiger partial charge on any atom is -0.506 e. The average molecular weight is 376 g/mol. The monoisotopic (exact) mass is 376 g/mol. The lowest BCUT2D eigenvalue weighted by atomic mass is 10.1. The third-order valence-electron chi connectivity index (χ3n) is 3.41. The summed E-state index contributed by atoms with van der Waals surface area (Å²) < 4.78 is 0. The van der Waals surface area contributed by atoms with Crippen molar-refractivity contribution in [3.8, 4) is 5.75 Å². The van der Waals surface area contributed by atoms with Crippen molar-refractivity contribution in [2.45, 2.75) is 6.92 Å². The number of thiocarbonyl (C=S) groups is 1. The van der Waals surface area contributed by atoms with Crippen LogP contribution < -0.4 is 10.6 Å². The number of rotatable bonds is 4. The second-order valence-electron chi connectivity index (χ2n) is 5.07. The number of carbonyl (C=O) groups is 1. The van der Waals surface area contributed by atoms with Crippen LogP contribution in [-0.4, -0.2) is 26.0 Å². The molecule has 11 heteroatoms. The number of nitrogens with one attached hydrogen (secondary N) is 2. The molecule has 10 nitrogen and oxygen atoms in total. The maximum atomic E-state index is 12.3. The topological polar surface area (TPSA) is 148 Å². The molecular weight excluding hydrogens is 364 g/mol. The van der Waals surface area contributed by atoms with Crippen molar-refractivity contribution in [3.63, 3.8) is 0 Å². The number of phenolic OH excluding ortho intramolecular Hbond substituents is 1. The minimum absolute atomic E-state index is 0.0478. The molecule has 0 aromatic heterocycles. The standard InChI is InChI=1S/C15H12N4O6S/c1-8-10(3-2-4-12(8)19(24)25)14(21)17-15(26)16-11-7-9(18(22)23)5-6-13(11)20/h2-7,20H,1H3,(H2,16,17,21,26). The Hall–Kier alpha value is -3.60. The zero-order chi connectivity index (χ0) is 19.4. The molecular formula is C15H12N4O6S. The van der Waals surface area contributed by atoms with Crippen molar-refractivity contribution >= 4 is 40.3 Å². The summed E-state index contributed by atoms with van der Waals surface area (Å²) in [5.74, 6) is -1.01. The van der Waals surface area contributed by atoms with Crippen LogP contribution in [0.1, 0.15) is 15.9 Å². The van der Waals surface area contributed by atoms with Crippen molar-refractivity contribution < 1.29 is 19.7 Å². The van der Waals surface area contributed by atoms with Gasteiger partial charge in [0.1, 0.15) is 5.75 Å². The van der Waals surface area contributed by atoms with Crippen molar-refractivity contribution in [2.75, 3.05) is 5.32 Å². The number of hydrogen-bond acceptors (Lipinski definition) is 7. The Balaban J connectivity index is 2.17. The number of non-ortho nitro benzene ring substituents is 1. The SMILES string of the molecule is Cc1c(C(=O)NC(=S)Nc2cc([N+](=O)[O-])ccc2O)cccc1[N+](=O)[O-]. The van der Waals surface area contributed by atoms with E-state index in [-0.39, 0.29) is 39.1 Å². The fourth-order valence-electron chi connectivity index (χ4n) is 2.13. The number of nitro groups is 2. The van der Waals surface area contributed by atoms with Gasteiger partial charge in [-0.1, -0.05) is 6.07 Å². The smallest absolute Gasteiger partial charge is 0.273 e. The second-order valence-corrected chi connectivity index (χ2v) is 5.48. The third-order valence-corrected chi connectivity index (χ3v) is 3.62. The zero-order valence-corrected chi connectivity index (χ0v) is 14.1. The van der Waals surface area contributed by atoms with Crippen LogP contribution in [0.4, 0.5) is 17.1 Å². The Labute approximate surface area is 151 Å². The molecule has 26 heavy (non-hydrogen) atoms. The number of nitro benzene ring substituents is 2. The largest absolute Gasteiger partial charge is 0.506 e. The Bertz CT molecular complexity index is 930. The zero-order valence-electron chi connectivity index (χ0n) is 13.3. The van der Waals surface area contributed by atoms with E-state index in [0.717, 1.165) is 18.2 Å². The van der Waals surface area contributed by atoms with E-state index in [0.29, 0.717) is 0 Å². The van der Waals surface area contributed by atoms with Crippen LogP contribution in [0.2, 0.25) is 0 Å². The van der Waals surface area contributed by atoms with Gasteiger partial charge in [0, 0.05) is 29.3 Å². The number of benzene rings is 2. The van der Waals surface area contributed by atoms with E-state index < -0.39 is 15.8 Å². The highest BCUT2D eigenvalue weighted by Gasteiger charge is 2.19. The fourth-order valence-corrected chi connectivity index (χ4v) is 2.33. The van der Waals surface area contributed by atoms with Gasteiger partial charge in [0.05, 0.1) is 15.5 Å². The molecule has 134 valence electrons. The van der Waals surface area contributed by atoms with Crippen molar-refractivity contribution in [2.24, 2.45) is 0 Å². The summed E-state index contributed by atoms with van der Waals surface area (Å²) in [6.07, 6.45) is 0. The highest BCUT2D eigenvalue weighted by molar-refractivity contribution is 7.80. The van der Waals surface area contributed by atoms with Gasteiger partial charge in [-0.25, -0.2) is 0 Å². The second kappa shape index (κ2) is 7.53. The van der Waals surface area contributed by atoms with E-state index in [2.05, 4.69) is 10.6 Å². The molecule has 2 rings (SSSR count). The van der Waals surface area contributed by atoms with Crippen LogP contribution >= 0.6 is 12.2 Å². The van der Waals surface area contributed by atoms with Crippen LogP contribution in [0.5, 0.6) is 5.75 Å². The number of anilines is 1. The van der Waals surface area contributed by atoms with Crippen LogP contribution in [0.15, 0.2) is 36.4 Å². The lowest BCUT2D eigenvalue weighted by Crippen LogP contribution is -2.34. The van der Waals surface area contributed by atoms with Gasteiger partial charge in [0.15, 0.2) is 5.11 Å². The Morgan fingerprint density at radius 2 is 1.85 bits per heavy atom. The van der Waals surface area contributed by atoms with Gasteiger partial charge in [-0.2, -0.15) is 0 Å². The summed E-state index contributed by atoms with van der Waals surface area (Å²) in [6, 6.07) is 7.29. The minimum atomic E-state index is -0.700. The molecule has 0 aliphatic rings. The van der Waals surface area contributed by atoms with Gasteiger partial charge in [-0.15, -0.1) is 0 Å². The molecule has 1 amide bonds. The Morgan fingerprint density at radius 1 is 1.15 bits per heavy atom. The van der Waals surface area contributed by atoms with Gasteiger partial charge in [-0.05, 0) is 31.3 Å². The van der Waals surface area contributed by atoms with Gasteiger partial charge < -0.3 is 10.4 Å². The quantitative estimate of drug-likeness (QED) is 0.319. The highest BCUT2D eigenvalue weighted by atomic mass is 32.1. The fraction of sp³-hybridized carbons (Fsp3) is 0.0667. The molecule has 2 aromatic rings. The van der Waals surface area contributed by atoms with Crippen LogP contribution in [0.25, 0.3) is 0 Å². The van der Waals surface area contributed by atoms with Crippen molar-refractivity contribution in [3.05, 3.63) is 67.8 Å².